The highest BCUT2D eigenvalue weighted by molar-refractivity contribution is 6.00. The molecule has 4 aliphatic carbocycles. The number of hydrogen-bond donors (Lipinski definition) is 0. The van der Waals surface area contributed by atoms with Crippen molar-refractivity contribution in [3.8, 4) is 5.75 Å². The van der Waals surface area contributed by atoms with Gasteiger partial charge >= 0.3 is 0 Å². The number of carbonyl (C=O) groups excluding carboxylic acids is 1. The summed E-state index contributed by atoms with van der Waals surface area (Å²) in [6.07, 6.45) is 13.7. The SMILES string of the molecule is COc1ccc(/C=C2/CC3(C)C4CCC5(C)CCCC5C4CC[C@H]3CC2=O)cc1. The predicted molar refractivity (Wildman–Crippen MR) is 118 cm³/mol. The maximum atomic E-state index is 13.0. The van der Waals surface area contributed by atoms with Gasteiger partial charge in [0.25, 0.3) is 0 Å². The molecule has 2 nitrogen and oxygen atoms in total. The molecule has 29 heavy (non-hydrogen) atoms. The number of ketones is 1. The molecule has 6 atom stereocenters. The van der Waals surface area contributed by atoms with Crippen LogP contribution in [0.4, 0.5) is 0 Å². The number of carbonyl (C=O) groups is 1. The van der Waals surface area contributed by atoms with Crippen LogP contribution in [-0.2, 0) is 4.79 Å². The maximum Gasteiger partial charge on any atom is 0.159 e. The molecule has 0 amide bonds. The molecule has 0 saturated heterocycles. The molecule has 0 N–H and O–H groups in total. The normalized spacial score (nSPS) is 42.9. The summed E-state index contributed by atoms with van der Waals surface area (Å²) >= 11 is 0. The monoisotopic (exact) mass is 392 g/mol. The Bertz CT molecular complexity index is 821. The van der Waals surface area contributed by atoms with E-state index in [2.05, 4.69) is 32.1 Å². The van der Waals surface area contributed by atoms with Gasteiger partial charge in [-0.3, -0.25) is 4.79 Å². The molecular formula is C27H36O2. The minimum Gasteiger partial charge on any atom is -0.497 e. The van der Waals surface area contributed by atoms with Gasteiger partial charge in [0.1, 0.15) is 5.75 Å². The van der Waals surface area contributed by atoms with Crippen LogP contribution in [0.2, 0.25) is 0 Å². The summed E-state index contributed by atoms with van der Waals surface area (Å²) in [5.41, 5.74) is 3.10. The third-order valence-corrected chi connectivity index (χ3v) is 9.66. The fraction of sp³-hybridized carbons (Fsp3) is 0.667. The summed E-state index contributed by atoms with van der Waals surface area (Å²) in [4.78, 5) is 13.0. The van der Waals surface area contributed by atoms with E-state index in [1.165, 1.54) is 44.9 Å². The summed E-state index contributed by atoms with van der Waals surface area (Å²) in [5, 5.41) is 0. The highest BCUT2D eigenvalue weighted by atomic mass is 16.5. The molecule has 0 spiro atoms. The molecule has 0 aromatic heterocycles. The number of benzene rings is 1. The Morgan fingerprint density at radius 3 is 2.55 bits per heavy atom. The van der Waals surface area contributed by atoms with Gasteiger partial charge < -0.3 is 4.74 Å². The quantitative estimate of drug-likeness (QED) is 0.524. The Morgan fingerprint density at radius 2 is 1.79 bits per heavy atom. The lowest BCUT2D eigenvalue weighted by molar-refractivity contribution is -0.130. The van der Waals surface area contributed by atoms with E-state index in [4.69, 9.17) is 4.74 Å². The smallest absolute Gasteiger partial charge is 0.159 e. The van der Waals surface area contributed by atoms with Crippen molar-refractivity contribution in [2.24, 2.45) is 34.5 Å². The minimum atomic E-state index is 0.305. The van der Waals surface area contributed by atoms with Gasteiger partial charge in [-0.2, -0.15) is 0 Å². The number of hydrogen-bond acceptors (Lipinski definition) is 2. The number of fused-ring (bicyclic) bond motifs is 5. The lowest BCUT2D eigenvalue weighted by Crippen LogP contribution is -2.53. The first kappa shape index (κ1) is 19.4. The number of ether oxygens (including phenoxy) is 1. The average molecular weight is 393 g/mol. The van der Waals surface area contributed by atoms with Gasteiger partial charge in [-0.25, -0.2) is 0 Å². The fourth-order valence-corrected chi connectivity index (χ4v) is 8.04. The number of Topliss-reactive ketones (excluding diaryl/α,β-unsaturated/α-hetero) is 1. The number of allylic oxidation sites excluding steroid dienone is 1. The van der Waals surface area contributed by atoms with Crippen LogP contribution >= 0.6 is 0 Å². The molecule has 0 bridgehead atoms. The average Bonchev–Trinajstić information content (AvgIpc) is 3.11. The third kappa shape index (κ3) is 3.09. The van der Waals surface area contributed by atoms with E-state index in [0.717, 1.165) is 47.5 Å². The number of rotatable bonds is 2. The van der Waals surface area contributed by atoms with Crippen molar-refractivity contribution in [1.82, 2.24) is 0 Å². The van der Waals surface area contributed by atoms with Crippen LogP contribution in [0.1, 0.15) is 77.2 Å². The van der Waals surface area contributed by atoms with E-state index in [1.807, 2.05) is 12.1 Å². The zero-order valence-corrected chi connectivity index (χ0v) is 18.4. The summed E-state index contributed by atoms with van der Waals surface area (Å²) in [5.74, 6) is 4.49. The second kappa shape index (κ2) is 7.00. The van der Waals surface area contributed by atoms with Crippen molar-refractivity contribution < 1.29 is 9.53 Å². The molecule has 1 aromatic carbocycles. The zero-order chi connectivity index (χ0) is 20.2. The second-order valence-electron chi connectivity index (χ2n) is 11.0. The topological polar surface area (TPSA) is 26.3 Å². The first-order chi connectivity index (χ1) is 13.9. The van der Waals surface area contributed by atoms with E-state index in [0.29, 0.717) is 22.5 Å². The zero-order valence-electron chi connectivity index (χ0n) is 18.4. The van der Waals surface area contributed by atoms with E-state index >= 15 is 0 Å². The molecule has 4 fully saturated rings. The first-order valence-electron chi connectivity index (χ1n) is 11.8. The summed E-state index contributed by atoms with van der Waals surface area (Å²) in [7, 11) is 1.69. The highest BCUT2D eigenvalue weighted by Gasteiger charge is 2.58. The van der Waals surface area contributed by atoms with Gasteiger partial charge in [-0.05, 0) is 109 Å². The van der Waals surface area contributed by atoms with E-state index in [-0.39, 0.29) is 0 Å². The Balaban J connectivity index is 1.43. The minimum absolute atomic E-state index is 0.305. The molecule has 2 heteroatoms. The summed E-state index contributed by atoms with van der Waals surface area (Å²) in [6.45, 7) is 5.12. The van der Waals surface area contributed by atoms with Crippen molar-refractivity contribution in [2.75, 3.05) is 7.11 Å². The van der Waals surface area contributed by atoms with Crippen molar-refractivity contribution in [3.05, 3.63) is 35.4 Å². The molecule has 0 aliphatic heterocycles. The van der Waals surface area contributed by atoms with Crippen molar-refractivity contribution in [3.63, 3.8) is 0 Å². The largest absolute Gasteiger partial charge is 0.497 e. The molecule has 4 aliphatic rings. The van der Waals surface area contributed by atoms with E-state index < -0.39 is 0 Å². The first-order valence-corrected chi connectivity index (χ1v) is 11.8. The molecule has 156 valence electrons. The summed E-state index contributed by atoms with van der Waals surface area (Å²) in [6, 6.07) is 8.12. The molecular weight excluding hydrogens is 356 g/mol. The predicted octanol–water partition coefficient (Wildman–Crippen LogP) is 6.69. The Hall–Kier alpha value is -1.57. The van der Waals surface area contributed by atoms with E-state index in [9.17, 15) is 4.79 Å². The molecule has 1 aromatic rings. The standard InChI is InChI=1S/C27H36O2/c1-26-13-4-5-23(26)22-11-8-20-16-25(28)19(17-27(20,2)24(22)12-14-26)15-18-6-9-21(29-3)10-7-18/h6-7,9-10,15,20,22-24H,4-5,8,11-14,16-17H2,1-3H3/b19-15-/t20-,22?,23?,24?,26?,27?/m0/s1. The Labute approximate surface area is 176 Å². The van der Waals surface area contributed by atoms with Crippen LogP contribution in [0.5, 0.6) is 5.75 Å². The van der Waals surface area contributed by atoms with Gasteiger partial charge in [0.15, 0.2) is 5.78 Å². The Morgan fingerprint density at radius 1 is 1.00 bits per heavy atom. The summed E-state index contributed by atoms with van der Waals surface area (Å²) < 4.78 is 5.28. The molecule has 5 rings (SSSR count). The highest BCUT2D eigenvalue weighted by Crippen LogP contribution is 2.66. The number of methoxy groups -OCH3 is 1. The van der Waals surface area contributed by atoms with Crippen LogP contribution < -0.4 is 4.74 Å². The van der Waals surface area contributed by atoms with Crippen LogP contribution in [0, 0.1) is 34.5 Å². The molecule has 0 heterocycles. The maximum absolute atomic E-state index is 13.0. The fourth-order valence-electron chi connectivity index (χ4n) is 8.04. The van der Waals surface area contributed by atoms with E-state index in [1.54, 1.807) is 7.11 Å². The van der Waals surface area contributed by atoms with Gasteiger partial charge in [0.2, 0.25) is 0 Å². The van der Waals surface area contributed by atoms with Crippen LogP contribution in [0.15, 0.2) is 29.8 Å². The van der Waals surface area contributed by atoms with Crippen molar-refractivity contribution in [2.45, 2.75) is 71.6 Å². The Kier molecular flexibility index (Phi) is 4.68. The van der Waals surface area contributed by atoms with Crippen LogP contribution in [0.25, 0.3) is 6.08 Å². The molecule has 0 radical (unpaired) electrons. The lowest BCUT2D eigenvalue weighted by Gasteiger charge is -2.60. The lowest BCUT2D eigenvalue weighted by atomic mass is 9.45. The third-order valence-electron chi connectivity index (χ3n) is 9.66. The van der Waals surface area contributed by atoms with Gasteiger partial charge in [0, 0.05) is 6.42 Å². The van der Waals surface area contributed by atoms with Gasteiger partial charge in [0.05, 0.1) is 7.11 Å². The molecule has 4 saturated carbocycles. The van der Waals surface area contributed by atoms with Crippen LogP contribution in [0.3, 0.4) is 0 Å². The second-order valence-corrected chi connectivity index (χ2v) is 11.0. The van der Waals surface area contributed by atoms with Gasteiger partial charge in [-0.1, -0.05) is 32.4 Å². The van der Waals surface area contributed by atoms with Gasteiger partial charge in [-0.15, -0.1) is 0 Å². The van der Waals surface area contributed by atoms with Crippen molar-refractivity contribution in [1.29, 1.82) is 0 Å². The van der Waals surface area contributed by atoms with Crippen molar-refractivity contribution >= 4 is 11.9 Å². The van der Waals surface area contributed by atoms with Crippen LogP contribution in [-0.4, -0.2) is 12.9 Å². The molecule has 5 unspecified atom stereocenters.